The van der Waals surface area contributed by atoms with Crippen LogP contribution >= 0.6 is 39.9 Å². The first kappa shape index (κ1) is 25.9. The van der Waals surface area contributed by atoms with E-state index in [1.807, 2.05) is 85.8 Å². The van der Waals surface area contributed by atoms with Crippen molar-refractivity contribution in [1.82, 2.24) is 0 Å². The van der Waals surface area contributed by atoms with Gasteiger partial charge in [-0.3, -0.25) is 4.79 Å². The van der Waals surface area contributed by atoms with Crippen molar-refractivity contribution in [3.63, 3.8) is 0 Å². The van der Waals surface area contributed by atoms with Gasteiger partial charge in [0.2, 0.25) is 5.91 Å². The number of thioether (sulfide) groups is 1. The second-order valence-corrected chi connectivity index (χ2v) is 10.5. The molecule has 4 aromatic rings. The lowest BCUT2D eigenvalue weighted by atomic mass is 10.1. The van der Waals surface area contributed by atoms with Gasteiger partial charge in [-0.1, -0.05) is 70.0 Å². The van der Waals surface area contributed by atoms with Crippen LogP contribution in [-0.2, 0) is 4.79 Å². The van der Waals surface area contributed by atoms with E-state index in [0.29, 0.717) is 9.59 Å². The van der Waals surface area contributed by atoms with Crippen molar-refractivity contribution in [2.24, 2.45) is 0 Å². The van der Waals surface area contributed by atoms with Crippen LogP contribution in [0.4, 0.5) is 21.5 Å². The van der Waals surface area contributed by atoms with E-state index in [-0.39, 0.29) is 11.6 Å². The number of benzene rings is 4. The van der Waals surface area contributed by atoms with Crippen LogP contribution in [0.2, 0.25) is 0 Å². The van der Waals surface area contributed by atoms with Crippen molar-refractivity contribution in [1.29, 1.82) is 0 Å². The predicted molar refractivity (Wildman–Crippen MR) is 155 cm³/mol. The topological polar surface area (TPSA) is 53.2 Å². The highest BCUT2D eigenvalue weighted by molar-refractivity contribution is 9.10. The monoisotopic (exact) mass is 579 g/mol. The number of aryl methyl sites for hydroxylation is 1. The Labute approximate surface area is 227 Å². The van der Waals surface area contributed by atoms with Crippen molar-refractivity contribution >= 4 is 68.0 Å². The molecular formula is C28H23BrFN3OS2. The first-order valence-electron chi connectivity index (χ1n) is 11.1. The molecule has 182 valence electrons. The zero-order valence-corrected chi connectivity index (χ0v) is 22.5. The second-order valence-electron chi connectivity index (χ2n) is 7.99. The van der Waals surface area contributed by atoms with E-state index in [1.165, 1.54) is 29.5 Å². The summed E-state index contributed by atoms with van der Waals surface area (Å²) in [6.07, 6.45) is 0. The van der Waals surface area contributed by atoms with Crippen LogP contribution in [-0.4, -0.2) is 11.0 Å². The van der Waals surface area contributed by atoms with E-state index in [2.05, 4.69) is 31.9 Å². The van der Waals surface area contributed by atoms with Crippen molar-refractivity contribution in [2.75, 3.05) is 16.0 Å². The average Bonchev–Trinajstić information content (AvgIpc) is 2.86. The molecule has 4 rings (SSSR count). The van der Waals surface area contributed by atoms with Gasteiger partial charge in [-0.2, -0.15) is 0 Å². The first-order valence-corrected chi connectivity index (χ1v) is 13.2. The largest absolute Gasteiger partial charge is 0.332 e. The predicted octanol–water partition coefficient (Wildman–Crippen LogP) is 8.18. The van der Waals surface area contributed by atoms with Crippen LogP contribution in [0, 0.1) is 12.7 Å². The summed E-state index contributed by atoms with van der Waals surface area (Å²) >= 11 is 10.1. The van der Waals surface area contributed by atoms with Crippen LogP contribution in [0.1, 0.15) is 16.4 Å². The molecule has 0 saturated carbocycles. The molecule has 4 aromatic carbocycles. The molecule has 0 aliphatic carbocycles. The maximum Gasteiger partial charge on any atom is 0.242 e. The summed E-state index contributed by atoms with van der Waals surface area (Å²) in [6.45, 7) is 2.03. The van der Waals surface area contributed by atoms with E-state index in [0.717, 1.165) is 21.8 Å². The van der Waals surface area contributed by atoms with Crippen LogP contribution < -0.4 is 16.0 Å². The summed E-state index contributed by atoms with van der Waals surface area (Å²) in [5, 5.41) is 8.96. The van der Waals surface area contributed by atoms with Gasteiger partial charge in [0.15, 0.2) is 5.11 Å². The summed E-state index contributed by atoms with van der Waals surface area (Å²) in [6, 6.07) is 29.6. The Morgan fingerprint density at radius 1 is 0.861 bits per heavy atom. The number of amides is 1. The normalized spacial score (nSPS) is 11.4. The number of hydrogen-bond donors (Lipinski definition) is 3. The summed E-state index contributed by atoms with van der Waals surface area (Å²) < 4.78 is 15.0. The first-order chi connectivity index (χ1) is 17.4. The van der Waals surface area contributed by atoms with Crippen LogP contribution in [0.15, 0.2) is 106 Å². The standard InChI is InChI=1S/C28H23BrFN3OS2/c1-18-10-13-21(14-11-18)31-28(35)32-22-8-5-9-23(17-22)36-26(19-6-3-2-4-7-19)27(34)33-25-15-12-20(29)16-24(25)30/h2-17,26H,1H3,(H,33,34)(H2,31,32,35). The van der Waals surface area contributed by atoms with E-state index in [1.54, 1.807) is 6.07 Å². The van der Waals surface area contributed by atoms with Crippen LogP contribution in [0.25, 0.3) is 0 Å². The number of hydrogen-bond acceptors (Lipinski definition) is 3. The SMILES string of the molecule is Cc1ccc(NC(=S)Nc2cccc(SC(C(=O)Nc3ccc(Br)cc3F)c3ccccc3)c2)cc1. The number of rotatable bonds is 7. The highest BCUT2D eigenvalue weighted by Crippen LogP contribution is 2.37. The van der Waals surface area contributed by atoms with Gasteiger partial charge in [-0.25, -0.2) is 4.39 Å². The molecular weight excluding hydrogens is 557 g/mol. The van der Waals surface area contributed by atoms with Crippen molar-refractivity contribution in [3.05, 3.63) is 118 Å². The van der Waals surface area contributed by atoms with Gasteiger partial charge in [0.05, 0.1) is 5.69 Å². The van der Waals surface area contributed by atoms with Gasteiger partial charge in [0.1, 0.15) is 11.1 Å². The lowest BCUT2D eigenvalue weighted by Gasteiger charge is -2.18. The Kier molecular flexibility index (Phi) is 8.74. The van der Waals surface area contributed by atoms with E-state index < -0.39 is 11.1 Å². The minimum absolute atomic E-state index is 0.132. The van der Waals surface area contributed by atoms with Gasteiger partial charge >= 0.3 is 0 Å². The van der Waals surface area contributed by atoms with E-state index in [4.69, 9.17) is 12.2 Å². The van der Waals surface area contributed by atoms with Gasteiger partial charge < -0.3 is 16.0 Å². The molecule has 0 radical (unpaired) electrons. The number of thiocarbonyl (C=S) groups is 1. The van der Waals surface area contributed by atoms with Gasteiger partial charge in [-0.15, -0.1) is 11.8 Å². The summed E-state index contributed by atoms with van der Waals surface area (Å²) in [5.41, 5.74) is 3.80. The number of carbonyl (C=O) groups is 1. The van der Waals surface area contributed by atoms with Crippen LogP contribution in [0.3, 0.4) is 0 Å². The van der Waals surface area contributed by atoms with Crippen molar-refractivity contribution < 1.29 is 9.18 Å². The number of carbonyl (C=O) groups excluding carboxylic acids is 1. The fourth-order valence-corrected chi connectivity index (χ4v) is 5.06. The highest BCUT2D eigenvalue weighted by atomic mass is 79.9. The fourth-order valence-electron chi connectivity index (χ4n) is 3.40. The zero-order valence-electron chi connectivity index (χ0n) is 19.3. The lowest BCUT2D eigenvalue weighted by molar-refractivity contribution is -0.115. The average molecular weight is 581 g/mol. The molecule has 0 spiro atoms. The Morgan fingerprint density at radius 2 is 1.58 bits per heavy atom. The Hall–Kier alpha value is -3.20. The third-order valence-electron chi connectivity index (χ3n) is 5.18. The molecule has 0 heterocycles. The minimum Gasteiger partial charge on any atom is -0.332 e. The molecule has 1 atom stereocenters. The molecule has 8 heteroatoms. The van der Waals surface area contributed by atoms with Gasteiger partial charge in [0.25, 0.3) is 0 Å². The number of nitrogens with one attached hydrogen (secondary N) is 3. The Bertz CT molecular complexity index is 1370. The molecule has 0 aliphatic rings. The van der Waals surface area contributed by atoms with E-state index >= 15 is 0 Å². The number of halogens is 2. The van der Waals surface area contributed by atoms with Gasteiger partial charge in [-0.05, 0) is 73.2 Å². The summed E-state index contributed by atoms with van der Waals surface area (Å²) in [7, 11) is 0. The third kappa shape index (κ3) is 7.16. The Balaban J connectivity index is 1.50. The molecule has 0 bridgehead atoms. The van der Waals surface area contributed by atoms with Crippen molar-refractivity contribution in [3.8, 4) is 0 Å². The second kappa shape index (κ2) is 12.2. The smallest absolute Gasteiger partial charge is 0.242 e. The summed E-state index contributed by atoms with van der Waals surface area (Å²) in [4.78, 5) is 14.1. The maximum atomic E-state index is 14.4. The highest BCUT2D eigenvalue weighted by Gasteiger charge is 2.23. The molecule has 0 aliphatic heterocycles. The molecule has 36 heavy (non-hydrogen) atoms. The fraction of sp³-hybridized carbons (Fsp3) is 0.0714. The number of anilines is 3. The quantitative estimate of drug-likeness (QED) is 0.152. The van der Waals surface area contributed by atoms with Crippen LogP contribution in [0.5, 0.6) is 0 Å². The lowest BCUT2D eigenvalue weighted by Crippen LogP contribution is -2.20. The molecule has 0 aromatic heterocycles. The van der Waals surface area contributed by atoms with E-state index in [9.17, 15) is 9.18 Å². The Morgan fingerprint density at radius 3 is 2.31 bits per heavy atom. The molecule has 1 unspecified atom stereocenters. The molecule has 0 fully saturated rings. The molecule has 4 nitrogen and oxygen atoms in total. The zero-order chi connectivity index (χ0) is 25.5. The minimum atomic E-state index is -0.595. The summed E-state index contributed by atoms with van der Waals surface area (Å²) in [5.74, 6) is -0.822. The molecule has 0 saturated heterocycles. The van der Waals surface area contributed by atoms with Gasteiger partial charge in [0, 0.05) is 20.7 Å². The maximum absolute atomic E-state index is 14.4. The molecule has 1 amide bonds. The van der Waals surface area contributed by atoms with Crippen molar-refractivity contribution in [2.45, 2.75) is 17.1 Å². The molecule has 3 N–H and O–H groups in total. The third-order valence-corrected chi connectivity index (χ3v) is 7.13.